The summed E-state index contributed by atoms with van der Waals surface area (Å²) in [5.41, 5.74) is 6.19. The molecule has 0 saturated heterocycles. The van der Waals surface area contributed by atoms with Gasteiger partial charge in [0.05, 0.1) is 6.61 Å². The van der Waals surface area contributed by atoms with Crippen molar-refractivity contribution < 1.29 is 14.3 Å². The molecule has 0 heterocycles. The first-order valence-corrected chi connectivity index (χ1v) is 7.00. The van der Waals surface area contributed by atoms with Crippen LogP contribution in [0.4, 0.5) is 0 Å². The summed E-state index contributed by atoms with van der Waals surface area (Å²) in [5, 5.41) is 3.38. The van der Waals surface area contributed by atoms with Crippen LogP contribution in [0.25, 0.3) is 0 Å². The average molecular weight is 295 g/mol. The number of rotatable bonds is 11. The van der Waals surface area contributed by atoms with Crippen LogP contribution in [0.5, 0.6) is 5.75 Å². The lowest BCUT2D eigenvalue weighted by Crippen LogP contribution is -2.31. The summed E-state index contributed by atoms with van der Waals surface area (Å²) in [6, 6.07) is 7.62. The van der Waals surface area contributed by atoms with Crippen molar-refractivity contribution in [3.63, 3.8) is 0 Å². The van der Waals surface area contributed by atoms with E-state index in [2.05, 4.69) is 17.3 Å². The zero-order valence-electron chi connectivity index (χ0n) is 12.8. The minimum absolute atomic E-state index is 0.0919. The number of benzene rings is 1. The van der Waals surface area contributed by atoms with Crippen molar-refractivity contribution >= 4 is 5.91 Å². The van der Waals surface area contributed by atoms with Gasteiger partial charge in [0, 0.05) is 33.3 Å². The molecule has 0 bridgehead atoms. The molecule has 0 atom stereocenters. The average Bonchev–Trinajstić information content (AvgIpc) is 2.48. The van der Waals surface area contributed by atoms with Gasteiger partial charge in [0.25, 0.3) is 5.91 Å². The van der Waals surface area contributed by atoms with Crippen molar-refractivity contribution in [1.29, 1.82) is 0 Å². The molecule has 0 fully saturated rings. The molecule has 1 aromatic rings. The van der Waals surface area contributed by atoms with Crippen LogP contribution >= 0.6 is 0 Å². The van der Waals surface area contributed by atoms with Crippen molar-refractivity contribution in [2.45, 2.75) is 6.54 Å². The number of nitrogens with one attached hydrogen (secondary N) is 1. The first-order chi connectivity index (χ1) is 10.1. The largest absolute Gasteiger partial charge is 0.484 e. The first kappa shape index (κ1) is 17.4. The third-order valence-electron chi connectivity index (χ3n) is 2.98. The molecule has 1 amide bonds. The maximum absolute atomic E-state index is 10.6. The molecule has 6 nitrogen and oxygen atoms in total. The molecule has 3 N–H and O–H groups in total. The number of likely N-dealkylation sites (N-methyl/N-ethyl adjacent to an activating group) is 1. The van der Waals surface area contributed by atoms with Gasteiger partial charge >= 0.3 is 0 Å². The molecular weight excluding hydrogens is 270 g/mol. The molecule has 118 valence electrons. The van der Waals surface area contributed by atoms with E-state index >= 15 is 0 Å². The number of carbonyl (C=O) groups is 1. The quantitative estimate of drug-likeness (QED) is 0.571. The fourth-order valence-corrected chi connectivity index (χ4v) is 1.72. The summed E-state index contributed by atoms with van der Waals surface area (Å²) in [5.74, 6) is 0.176. The summed E-state index contributed by atoms with van der Waals surface area (Å²) in [6.45, 7) is 4.29. The van der Waals surface area contributed by atoms with E-state index in [1.165, 1.54) is 5.56 Å². The molecule has 0 spiro atoms. The number of nitrogens with two attached hydrogens (primary N) is 1. The van der Waals surface area contributed by atoms with E-state index < -0.39 is 5.91 Å². The number of ether oxygens (including phenoxy) is 2. The van der Waals surface area contributed by atoms with Crippen LogP contribution in [0, 0.1) is 0 Å². The van der Waals surface area contributed by atoms with E-state index in [0.717, 1.165) is 32.8 Å². The second-order valence-corrected chi connectivity index (χ2v) is 4.87. The van der Waals surface area contributed by atoms with Crippen molar-refractivity contribution in [2.75, 3.05) is 47.0 Å². The fourth-order valence-electron chi connectivity index (χ4n) is 1.72. The smallest absolute Gasteiger partial charge is 0.255 e. The second-order valence-electron chi connectivity index (χ2n) is 4.87. The van der Waals surface area contributed by atoms with E-state index in [1.54, 1.807) is 7.11 Å². The summed E-state index contributed by atoms with van der Waals surface area (Å²) < 4.78 is 10.2. The van der Waals surface area contributed by atoms with Gasteiger partial charge in [-0.1, -0.05) is 12.1 Å². The molecule has 0 aliphatic carbocycles. The highest BCUT2D eigenvalue weighted by Gasteiger charge is 1.99. The summed E-state index contributed by atoms with van der Waals surface area (Å²) in [4.78, 5) is 12.8. The van der Waals surface area contributed by atoms with E-state index in [4.69, 9.17) is 15.2 Å². The van der Waals surface area contributed by atoms with Crippen LogP contribution in [0.1, 0.15) is 5.56 Å². The fraction of sp³-hybridized carbons (Fsp3) is 0.533. The number of hydrogen-bond donors (Lipinski definition) is 2. The Balaban J connectivity index is 2.19. The Morgan fingerprint density at radius 3 is 2.62 bits per heavy atom. The van der Waals surface area contributed by atoms with E-state index in [0.29, 0.717) is 5.75 Å². The van der Waals surface area contributed by atoms with Gasteiger partial charge in [0.2, 0.25) is 0 Å². The normalized spacial score (nSPS) is 10.8. The van der Waals surface area contributed by atoms with Gasteiger partial charge in [0.1, 0.15) is 5.75 Å². The van der Waals surface area contributed by atoms with Crippen molar-refractivity contribution in [3.8, 4) is 5.75 Å². The van der Waals surface area contributed by atoms with Gasteiger partial charge in [-0.15, -0.1) is 0 Å². The van der Waals surface area contributed by atoms with E-state index in [1.807, 2.05) is 24.3 Å². The standard InChI is InChI=1S/C15H25N3O3/c1-18(9-10-20-2)8-7-17-11-13-3-5-14(6-4-13)21-12-15(16)19/h3-6,17H,7-12H2,1-2H3,(H2,16,19). The predicted molar refractivity (Wildman–Crippen MR) is 82.2 cm³/mol. The zero-order valence-corrected chi connectivity index (χ0v) is 12.8. The molecule has 1 rings (SSSR count). The van der Waals surface area contributed by atoms with Gasteiger partial charge in [-0.25, -0.2) is 0 Å². The summed E-state index contributed by atoms with van der Waals surface area (Å²) in [6.07, 6.45) is 0. The minimum Gasteiger partial charge on any atom is -0.484 e. The monoisotopic (exact) mass is 295 g/mol. The molecule has 21 heavy (non-hydrogen) atoms. The highest BCUT2D eigenvalue weighted by Crippen LogP contribution is 2.11. The molecule has 0 saturated carbocycles. The maximum Gasteiger partial charge on any atom is 0.255 e. The molecule has 0 unspecified atom stereocenters. The first-order valence-electron chi connectivity index (χ1n) is 7.00. The van der Waals surface area contributed by atoms with Crippen LogP contribution < -0.4 is 15.8 Å². The van der Waals surface area contributed by atoms with Gasteiger partial charge in [-0.3, -0.25) is 4.79 Å². The lowest BCUT2D eigenvalue weighted by atomic mass is 10.2. The predicted octanol–water partition coefficient (Wildman–Crippen LogP) is 0.219. The number of amides is 1. The highest BCUT2D eigenvalue weighted by molar-refractivity contribution is 5.75. The number of primary amides is 1. The van der Waals surface area contributed by atoms with Gasteiger partial charge < -0.3 is 25.4 Å². The molecule has 0 aliphatic heterocycles. The Labute approximate surface area is 126 Å². The number of nitrogens with zero attached hydrogens (tertiary/aromatic N) is 1. The third kappa shape index (κ3) is 8.29. The molecule has 1 aromatic carbocycles. The minimum atomic E-state index is -0.474. The third-order valence-corrected chi connectivity index (χ3v) is 2.98. The Bertz CT molecular complexity index is 409. The van der Waals surface area contributed by atoms with E-state index in [9.17, 15) is 4.79 Å². The molecule has 0 radical (unpaired) electrons. The highest BCUT2D eigenvalue weighted by atomic mass is 16.5. The van der Waals surface area contributed by atoms with Gasteiger partial charge in [-0.05, 0) is 24.7 Å². The van der Waals surface area contributed by atoms with Crippen molar-refractivity contribution in [2.24, 2.45) is 5.73 Å². The number of carbonyl (C=O) groups excluding carboxylic acids is 1. The zero-order chi connectivity index (χ0) is 15.5. The SMILES string of the molecule is COCCN(C)CCNCc1ccc(OCC(N)=O)cc1. The van der Waals surface area contributed by atoms with Gasteiger partial charge in [0.15, 0.2) is 6.61 Å². The Kier molecular flexibility index (Phi) is 8.42. The summed E-state index contributed by atoms with van der Waals surface area (Å²) in [7, 11) is 3.79. The topological polar surface area (TPSA) is 76.8 Å². The molecule has 6 heteroatoms. The van der Waals surface area contributed by atoms with Crippen molar-refractivity contribution in [3.05, 3.63) is 29.8 Å². The molecule has 0 aromatic heterocycles. The van der Waals surface area contributed by atoms with E-state index in [-0.39, 0.29) is 6.61 Å². The number of hydrogen-bond acceptors (Lipinski definition) is 5. The van der Waals surface area contributed by atoms with Crippen LogP contribution in [0.2, 0.25) is 0 Å². The lowest BCUT2D eigenvalue weighted by Gasteiger charge is -2.16. The Hall–Kier alpha value is -1.63. The lowest BCUT2D eigenvalue weighted by molar-refractivity contribution is -0.119. The van der Waals surface area contributed by atoms with Crippen LogP contribution in [0.15, 0.2) is 24.3 Å². The Morgan fingerprint density at radius 2 is 2.00 bits per heavy atom. The Morgan fingerprint density at radius 1 is 1.29 bits per heavy atom. The van der Waals surface area contributed by atoms with Crippen molar-refractivity contribution in [1.82, 2.24) is 10.2 Å². The molecular formula is C15H25N3O3. The number of methoxy groups -OCH3 is 1. The second kappa shape index (κ2) is 10.1. The van der Waals surface area contributed by atoms with Crippen LogP contribution in [0.3, 0.4) is 0 Å². The van der Waals surface area contributed by atoms with Crippen LogP contribution in [-0.4, -0.2) is 57.8 Å². The van der Waals surface area contributed by atoms with Crippen LogP contribution in [-0.2, 0) is 16.1 Å². The summed E-state index contributed by atoms with van der Waals surface area (Å²) >= 11 is 0. The molecule has 0 aliphatic rings. The maximum atomic E-state index is 10.6. The van der Waals surface area contributed by atoms with Gasteiger partial charge in [-0.2, -0.15) is 0 Å².